The van der Waals surface area contributed by atoms with Crippen molar-refractivity contribution in [3.63, 3.8) is 0 Å². The van der Waals surface area contributed by atoms with Crippen molar-refractivity contribution in [2.45, 2.75) is 38.6 Å². The second kappa shape index (κ2) is 7.98. The number of Topliss-reactive ketones (excluding diaryl/α,β-unsaturated/α-hetero) is 1. The summed E-state index contributed by atoms with van der Waals surface area (Å²) >= 11 is 0. The molecule has 0 aliphatic carbocycles. The number of ketones is 1. The average Bonchev–Trinajstić information content (AvgIpc) is 3.54. The third kappa shape index (κ3) is 3.71. The van der Waals surface area contributed by atoms with Crippen LogP contribution in [0.1, 0.15) is 30.4 Å². The fraction of sp³-hybridized carbons (Fsp3) is 0.333. The van der Waals surface area contributed by atoms with Gasteiger partial charge in [0.05, 0.1) is 6.04 Å². The number of carbonyl (C=O) groups is 1. The van der Waals surface area contributed by atoms with Crippen molar-refractivity contribution in [1.29, 1.82) is 0 Å². The van der Waals surface area contributed by atoms with Crippen molar-refractivity contribution >= 4 is 22.5 Å². The van der Waals surface area contributed by atoms with Gasteiger partial charge in [-0.1, -0.05) is 6.07 Å². The number of carbonyl (C=O) groups excluding carboxylic acids is 1. The average molecular weight is 415 g/mol. The highest BCUT2D eigenvalue weighted by molar-refractivity contribution is 5.88. The number of imidazole rings is 1. The zero-order chi connectivity index (χ0) is 21.4. The molecule has 5 rings (SSSR count). The van der Waals surface area contributed by atoms with Gasteiger partial charge in [-0.2, -0.15) is 4.98 Å². The van der Waals surface area contributed by atoms with E-state index in [1.165, 1.54) is 22.0 Å². The summed E-state index contributed by atoms with van der Waals surface area (Å²) < 4.78 is 3.92. The van der Waals surface area contributed by atoms with E-state index in [4.69, 9.17) is 0 Å². The minimum absolute atomic E-state index is 0.118. The van der Waals surface area contributed by atoms with Crippen molar-refractivity contribution in [3.8, 4) is 5.95 Å². The summed E-state index contributed by atoms with van der Waals surface area (Å²) in [7, 11) is 2.07. The van der Waals surface area contributed by atoms with Crippen LogP contribution in [0.4, 0.5) is 5.82 Å². The lowest BCUT2D eigenvalue weighted by Crippen LogP contribution is -2.37. The number of benzene rings is 1. The Morgan fingerprint density at radius 3 is 2.97 bits per heavy atom. The number of hydrogen-bond acceptors (Lipinski definition) is 5. The van der Waals surface area contributed by atoms with Crippen LogP contribution in [0.25, 0.3) is 16.9 Å². The molecule has 0 amide bonds. The van der Waals surface area contributed by atoms with Crippen LogP contribution < -0.4 is 4.90 Å². The van der Waals surface area contributed by atoms with E-state index < -0.39 is 0 Å². The minimum Gasteiger partial charge on any atom is -0.350 e. The molecular formula is C24H26N6O. The largest absolute Gasteiger partial charge is 0.350 e. The third-order valence-electron chi connectivity index (χ3n) is 6.20. The molecule has 7 nitrogen and oxygen atoms in total. The number of rotatable bonds is 6. The Morgan fingerprint density at radius 2 is 2.13 bits per heavy atom. The molecule has 1 atom stereocenters. The SMILES string of the molecule is Cc1cn(C)c2ccc(CCC(=O)[C@H]3CCCN3c3ccnc(-n4ccnc4)n3)cc12. The molecule has 4 heterocycles. The minimum atomic E-state index is -0.118. The predicted octanol–water partition coefficient (Wildman–Crippen LogP) is 3.63. The molecule has 1 aliphatic heterocycles. The Labute approximate surface area is 181 Å². The zero-order valence-electron chi connectivity index (χ0n) is 17.9. The zero-order valence-corrected chi connectivity index (χ0v) is 17.9. The lowest BCUT2D eigenvalue weighted by molar-refractivity contribution is -0.120. The Hall–Kier alpha value is -3.48. The lowest BCUT2D eigenvalue weighted by atomic mass is 10.0. The molecule has 7 heteroatoms. The maximum atomic E-state index is 13.1. The maximum Gasteiger partial charge on any atom is 0.236 e. The maximum absolute atomic E-state index is 13.1. The Kier molecular flexibility index (Phi) is 5.02. The smallest absolute Gasteiger partial charge is 0.236 e. The lowest BCUT2D eigenvalue weighted by Gasteiger charge is -2.25. The first-order valence-corrected chi connectivity index (χ1v) is 10.8. The molecule has 1 aromatic carbocycles. The second-order valence-corrected chi connectivity index (χ2v) is 8.28. The highest BCUT2D eigenvalue weighted by atomic mass is 16.1. The standard InChI is InChI=1S/C24H26N6O/c1-17-15-28(2)20-7-5-18(14-19(17)20)6-8-22(31)21-4-3-12-30(21)23-9-10-26-24(27-23)29-13-11-25-16-29/h5,7,9-11,13-16,21H,3-4,6,8,12H2,1-2H3/t21-/m1/s1. The summed E-state index contributed by atoms with van der Waals surface area (Å²) in [5.41, 5.74) is 3.71. The van der Waals surface area contributed by atoms with Crippen molar-refractivity contribution < 1.29 is 4.79 Å². The quantitative estimate of drug-likeness (QED) is 0.482. The Balaban J connectivity index is 1.30. The van der Waals surface area contributed by atoms with Gasteiger partial charge in [0.2, 0.25) is 5.95 Å². The summed E-state index contributed by atoms with van der Waals surface area (Å²) in [5.74, 6) is 1.65. The number of hydrogen-bond donors (Lipinski definition) is 0. The predicted molar refractivity (Wildman–Crippen MR) is 121 cm³/mol. The molecule has 4 aromatic rings. The molecule has 158 valence electrons. The van der Waals surface area contributed by atoms with Crippen LogP contribution >= 0.6 is 0 Å². The molecule has 1 aliphatic rings. The normalized spacial score (nSPS) is 16.3. The van der Waals surface area contributed by atoms with E-state index in [2.05, 4.69) is 62.8 Å². The fourth-order valence-corrected chi connectivity index (χ4v) is 4.60. The van der Waals surface area contributed by atoms with Crippen molar-refractivity contribution in [2.24, 2.45) is 7.05 Å². The van der Waals surface area contributed by atoms with Crippen molar-refractivity contribution in [1.82, 2.24) is 24.1 Å². The summed E-state index contributed by atoms with van der Waals surface area (Å²) in [4.78, 5) is 28.4. The third-order valence-corrected chi connectivity index (χ3v) is 6.20. The van der Waals surface area contributed by atoms with Crippen molar-refractivity contribution in [2.75, 3.05) is 11.4 Å². The first kappa shape index (κ1) is 19.5. The van der Waals surface area contributed by atoms with E-state index in [-0.39, 0.29) is 11.8 Å². The summed E-state index contributed by atoms with van der Waals surface area (Å²) in [6.07, 6.45) is 12.3. The van der Waals surface area contributed by atoms with Gasteiger partial charge in [-0.25, -0.2) is 9.97 Å². The molecular weight excluding hydrogens is 388 g/mol. The molecule has 0 radical (unpaired) electrons. The van der Waals surface area contributed by atoms with Gasteiger partial charge in [0, 0.05) is 55.7 Å². The van der Waals surface area contributed by atoms with E-state index in [0.29, 0.717) is 12.4 Å². The number of aromatic nitrogens is 5. The van der Waals surface area contributed by atoms with Crippen LogP contribution in [0.5, 0.6) is 0 Å². The number of anilines is 1. The highest BCUT2D eigenvalue weighted by Gasteiger charge is 2.31. The Morgan fingerprint density at radius 1 is 1.23 bits per heavy atom. The van der Waals surface area contributed by atoms with Crippen LogP contribution in [0, 0.1) is 6.92 Å². The fourth-order valence-electron chi connectivity index (χ4n) is 4.60. The van der Waals surface area contributed by atoms with Gasteiger partial charge in [0.15, 0.2) is 5.78 Å². The summed E-state index contributed by atoms with van der Waals surface area (Å²) in [6, 6.07) is 8.29. The van der Waals surface area contributed by atoms with Gasteiger partial charge in [-0.3, -0.25) is 9.36 Å². The van der Waals surface area contributed by atoms with E-state index in [9.17, 15) is 4.79 Å². The van der Waals surface area contributed by atoms with E-state index in [0.717, 1.165) is 31.6 Å². The number of aryl methyl sites for hydroxylation is 3. The van der Waals surface area contributed by atoms with Crippen LogP contribution in [-0.4, -0.2) is 42.5 Å². The Bertz CT molecular complexity index is 1230. The first-order valence-electron chi connectivity index (χ1n) is 10.8. The van der Waals surface area contributed by atoms with E-state index in [1.807, 2.05) is 12.3 Å². The first-order chi connectivity index (χ1) is 15.1. The van der Waals surface area contributed by atoms with Crippen LogP contribution in [-0.2, 0) is 18.3 Å². The van der Waals surface area contributed by atoms with Gasteiger partial charge in [-0.05, 0) is 55.5 Å². The molecule has 1 fully saturated rings. The molecule has 0 spiro atoms. The monoisotopic (exact) mass is 414 g/mol. The van der Waals surface area contributed by atoms with Gasteiger partial charge in [0.1, 0.15) is 12.1 Å². The van der Waals surface area contributed by atoms with Crippen molar-refractivity contribution in [3.05, 3.63) is 66.5 Å². The second-order valence-electron chi connectivity index (χ2n) is 8.28. The molecule has 0 unspecified atom stereocenters. The molecule has 1 saturated heterocycles. The molecule has 3 aromatic heterocycles. The summed E-state index contributed by atoms with van der Waals surface area (Å²) in [6.45, 7) is 2.97. The van der Waals surface area contributed by atoms with E-state index >= 15 is 0 Å². The molecule has 0 bridgehead atoms. The van der Waals surface area contributed by atoms with Gasteiger partial charge in [-0.15, -0.1) is 0 Å². The van der Waals surface area contributed by atoms with E-state index in [1.54, 1.807) is 23.3 Å². The topological polar surface area (TPSA) is 68.8 Å². The van der Waals surface area contributed by atoms with Crippen LogP contribution in [0.15, 0.2) is 55.4 Å². The summed E-state index contributed by atoms with van der Waals surface area (Å²) in [5, 5.41) is 1.27. The molecule has 31 heavy (non-hydrogen) atoms. The molecule has 0 saturated carbocycles. The number of fused-ring (bicyclic) bond motifs is 1. The highest BCUT2D eigenvalue weighted by Crippen LogP contribution is 2.27. The van der Waals surface area contributed by atoms with Gasteiger partial charge in [0.25, 0.3) is 0 Å². The molecule has 0 N–H and O–H groups in total. The van der Waals surface area contributed by atoms with Gasteiger partial charge >= 0.3 is 0 Å². The van der Waals surface area contributed by atoms with Crippen LogP contribution in [0.2, 0.25) is 0 Å². The van der Waals surface area contributed by atoms with Gasteiger partial charge < -0.3 is 9.47 Å². The number of nitrogens with zero attached hydrogens (tertiary/aromatic N) is 6. The van der Waals surface area contributed by atoms with Crippen LogP contribution in [0.3, 0.4) is 0 Å².